The number of hydrogen-bond acceptors (Lipinski definition) is 4. The summed E-state index contributed by atoms with van der Waals surface area (Å²) in [6.45, 7) is 10.8. The van der Waals surface area contributed by atoms with Crippen molar-refractivity contribution in [1.82, 2.24) is 15.1 Å². The standard InChI is InChI=1S/C15H25N5/c1-10(2)20(11(3)4)6-5-17-15-8-14-12(7-13(15)16)9-18-19-14/h7-11,17H,5-6,16H2,1-4H3,(H,18,19). The summed E-state index contributed by atoms with van der Waals surface area (Å²) < 4.78 is 0. The highest BCUT2D eigenvalue weighted by molar-refractivity contribution is 5.88. The Labute approximate surface area is 120 Å². The fourth-order valence-electron chi connectivity index (χ4n) is 2.59. The van der Waals surface area contributed by atoms with E-state index < -0.39 is 0 Å². The van der Waals surface area contributed by atoms with Gasteiger partial charge in [0.1, 0.15) is 0 Å². The van der Waals surface area contributed by atoms with Crippen LogP contribution in [0, 0.1) is 0 Å². The summed E-state index contributed by atoms with van der Waals surface area (Å²) >= 11 is 0. The van der Waals surface area contributed by atoms with E-state index in [4.69, 9.17) is 5.73 Å². The van der Waals surface area contributed by atoms with Gasteiger partial charge in [0.25, 0.3) is 0 Å². The van der Waals surface area contributed by atoms with Crippen molar-refractivity contribution in [2.24, 2.45) is 0 Å². The van der Waals surface area contributed by atoms with E-state index in [2.05, 4.69) is 48.1 Å². The molecule has 0 spiro atoms. The second kappa shape index (κ2) is 6.13. The zero-order chi connectivity index (χ0) is 14.7. The van der Waals surface area contributed by atoms with Crippen molar-refractivity contribution in [2.45, 2.75) is 39.8 Å². The average Bonchev–Trinajstić information content (AvgIpc) is 2.80. The number of aromatic nitrogens is 2. The minimum Gasteiger partial charge on any atom is -0.397 e. The molecule has 0 atom stereocenters. The first-order valence-corrected chi connectivity index (χ1v) is 7.21. The molecule has 4 N–H and O–H groups in total. The molecule has 2 aromatic rings. The molecule has 5 heteroatoms. The Bertz CT molecular complexity index is 550. The molecule has 5 nitrogen and oxygen atoms in total. The molecule has 1 aromatic heterocycles. The topological polar surface area (TPSA) is 70.0 Å². The smallest absolute Gasteiger partial charge is 0.0672 e. The predicted octanol–water partition coefficient (Wildman–Crippen LogP) is 2.68. The molecule has 0 saturated carbocycles. The van der Waals surface area contributed by atoms with Crippen LogP contribution in [-0.4, -0.2) is 40.3 Å². The zero-order valence-corrected chi connectivity index (χ0v) is 12.8. The van der Waals surface area contributed by atoms with Gasteiger partial charge in [0, 0.05) is 30.6 Å². The molecular weight excluding hydrogens is 250 g/mol. The second-order valence-electron chi connectivity index (χ2n) is 5.75. The van der Waals surface area contributed by atoms with Crippen molar-refractivity contribution < 1.29 is 0 Å². The summed E-state index contributed by atoms with van der Waals surface area (Å²) in [5.41, 5.74) is 8.80. The van der Waals surface area contributed by atoms with Crippen LogP contribution < -0.4 is 11.1 Å². The van der Waals surface area contributed by atoms with Gasteiger partial charge in [-0.05, 0) is 39.8 Å². The van der Waals surface area contributed by atoms with E-state index >= 15 is 0 Å². The number of nitrogen functional groups attached to an aromatic ring is 1. The Balaban J connectivity index is 2.00. The van der Waals surface area contributed by atoms with Gasteiger partial charge in [-0.25, -0.2) is 0 Å². The minimum absolute atomic E-state index is 0.546. The van der Waals surface area contributed by atoms with Gasteiger partial charge in [0.05, 0.1) is 23.1 Å². The molecule has 0 radical (unpaired) electrons. The summed E-state index contributed by atoms with van der Waals surface area (Å²) in [4.78, 5) is 2.46. The molecule has 0 aliphatic heterocycles. The van der Waals surface area contributed by atoms with E-state index in [0.29, 0.717) is 12.1 Å². The van der Waals surface area contributed by atoms with Crippen LogP contribution in [0.1, 0.15) is 27.7 Å². The molecule has 0 saturated heterocycles. The quantitative estimate of drug-likeness (QED) is 0.709. The molecular formula is C15H25N5. The summed E-state index contributed by atoms with van der Waals surface area (Å²) in [5, 5.41) is 11.5. The van der Waals surface area contributed by atoms with E-state index in [1.165, 1.54) is 0 Å². The minimum atomic E-state index is 0.546. The van der Waals surface area contributed by atoms with Crippen LogP contribution in [0.4, 0.5) is 11.4 Å². The number of H-pyrrole nitrogens is 1. The van der Waals surface area contributed by atoms with E-state index in [1.807, 2.05) is 12.1 Å². The van der Waals surface area contributed by atoms with Crippen molar-refractivity contribution in [3.63, 3.8) is 0 Å². The lowest BCUT2D eigenvalue weighted by molar-refractivity contribution is 0.182. The number of hydrogen-bond donors (Lipinski definition) is 3. The number of aromatic amines is 1. The number of fused-ring (bicyclic) bond motifs is 1. The zero-order valence-electron chi connectivity index (χ0n) is 12.8. The van der Waals surface area contributed by atoms with E-state index in [0.717, 1.165) is 35.4 Å². The number of rotatable bonds is 6. The molecule has 0 unspecified atom stereocenters. The maximum absolute atomic E-state index is 6.06. The van der Waals surface area contributed by atoms with Crippen molar-refractivity contribution in [3.05, 3.63) is 18.3 Å². The lowest BCUT2D eigenvalue weighted by Gasteiger charge is -2.30. The Morgan fingerprint density at radius 2 is 1.95 bits per heavy atom. The van der Waals surface area contributed by atoms with Gasteiger partial charge < -0.3 is 11.1 Å². The van der Waals surface area contributed by atoms with E-state index in [1.54, 1.807) is 6.20 Å². The Hall–Kier alpha value is -1.75. The first-order chi connectivity index (χ1) is 9.49. The first kappa shape index (κ1) is 14.7. The number of nitrogens with one attached hydrogen (secondary N) is 2. The highest BCUT2D eigenvalue weighted by Gasteiger charge is 2.12. The molecule has 0 amide bonds. The third kappa shape index (κ3) is 3.22. The fraction of sp³-hybridized carbons (Fsp3) is 0.533. The monoisotopic (exact) mass is 275 g/mol. The molecule has 20 heavy (non-hydrogen) atoms. The van der Waals surface area contributed by atoms with Crippen LogP contribution in [0.15, 0.2) is 18.3 Å². The number of nitrogens with zero attached hydrogens (tertiary/aromatic N) is 2. The molecule has 110 valence electrons. The van der Waals surface area contributed by atoms with Crippen molar-refractivity contribution >= 4 is 22.3 Å². The largest absolute Gasteiger partial charge is 0.397 e. The van der Waals surface area contributed by atoms with Crippen LogP contribution in [0.25, 0.3) is 10.9 Å². The number of nitrogens with two attached hydrogens (primary N) is 1. The Morgan fingerprint density at radius 3 is 2.60 bits per heavy atom. The van der Waals surface area contributed by atoms with Crippen LogP contribution in [0.3, 0.4) is 0 Å². The summed E-state index contributed by atoms with van der Waals surface area (Å²) in [7, 11) is 0. The van der Waals surface area contributed by atoms with Gasteiger partial charge in [-0.15, -0.1) is 0 Å². The number of benzene rings is 1. The average molecular weight is 275 g/mol. The van der Waals surface area contributed by atoms with E-state index in [-0.39, 0.29) is 0 Å². The van der Waals surface area contributed by atoms with Crippen molar-refractivity contribution in [2.75, 3.05) is 24.1 Å². The van der Waals surface area contributed by atoms with E-state index in [9.17, 15) is 0 Å². The van der Waals surface area contributed by atoms with Gasteiger partial charge in [0.2, 0.25) is 0 Å². The Kier molecular flexibility index (Phi) is 4.49. The Morgan fingerprint density at radius 1 is 1.25 bits per heavy atom. The third-order valence-electron chi connectivity index (χ3n) is 3.62. The normalized spacial score (nSPS) is 11.9. The van der Waals surface area contributed by atoms with Crippen LogP contribution in [-0.2, 0) is 0 Å². The summed E-state index contributed by atoms with van der Waals surface area (Å²) in [5.74, 6) is 0. The van der Waals surface area contributed by atoms with Gasteiger partial charge in [0.15, 0.2) is 0 Å². The van der Waals surface area contributed by atoms with Gasteiger partial charge in [-0.1, -0.05) is 0 Å². The fourth-order valence-corrected chi connectivity index (χ4v) is 2.59. The maximum atomic E-state index is 6.06. The van der Waals surface area contributed by atoms with Crippen molar-refractivity contribution in [3.8, 4) is 0 Å². The molecule has 1 heterocycles. The molecule has 0 aliphatic rings. The summed E-state index contributed by atoms with van der Waals surface area (Å²) in [6, 6.07) is 5.06. The third-order valence-corrected chi connectivity index (χ3v) is 3.62. The summed E-state index contributed by atoms with van der Waals surface area (Å²) in [6.07, 6.45) is 1.79. The molecule has 2 rings (SSSR count). The molecule has 1 aromatic carbocycles. The maximum Gasteiger partial charge on any atom is 0.0672 e. The van der Waals surface area contributed by atoms with Crippen molar-refractivity contribution in [1.29, 1.82) is 0 Å². The van der Waals surface area contributed by atoms with Gasteiger partial charge in [-0.3, -0.25) is 10.00 Å². The number of anilines is 2. The highest BCUT2D eigenvalue weighted by atomic mass is 15.2. The SMILES string of the molecule is CC(C)N(CCNc1cc2[nH]ncc2cc1N)C(C)C. The predicted molar refractivity (Wildman–Crippen MR) is 86.0 cm³/mol. The van der Waals surface area contributed by atoms with Crippen LogP contribution in [0.2, 0.25) is 0 Å². The lowest BCUT2D eigenvalue weighted by atomic mass is 10.2. The van der Waals surface area contributed by atoms with Gasteiger partial charge in [-0.2, -0.15) is 5.10 Å². The molecule has 0 fully saturated rings. The molecule has 0 bridgehead atoms. The molecule has 0 aliphatic carbocycles. The first-order valence-electron chi connectivity index (χ1n) is 7.21. The second-order valence-corrected chi connectivity index (χ2v) is 5.75. The van der Waals surface area contributed by atoms with Gasteiger partial charge >= 0.3 is 0 Å². The van der Waals surface area contributed by atoms with Crippen LogP contribution in [0.5, 0.6) is 0 Å². The lowest BCUT2D eigenvalue weighted by Crippen LogP contribution is -2.40. The van der Waals surface area contributed by atoms with Crippen LogP contribution >= 0.6 is 0 Å². The highest BCUT2D eigenvalue weighted by Crippen LogP contribution is 2.24.